The molecule has 0 bridgehead atoms. The first-order valence-electron chi connectivity index (χ1n) is 6.74. The van der Waals surface area contributed by atoms with Gasteiger partial charge >= 0.3 is 0 Å². The SMILES string of the molecule is CC(=O)c1ccc(CN2CN(C)c3nc(Cl)nc(Cl)c32)cc1. The topological polar surface area (TPSA) is 49.3 Å². The lowest BCUT2D eigenvalue weighted by Crippen LogP contribution is -2.27. The second-order valence-electron chi connectivity index (χ2n) is 5.25. The molecule has 0 aliphatic carbocycles. The van der Waals surface area contributed by atoms with E-state index in [0.29, 0.717) is 23.9 Å². The molecule has 0 amide bonds. The number of Topliss-reactive ketones (excluding diaryl/α,β-unsaturated/α-hetero) is 1. The van der Waals surface area contributed by atoms with Gasteiger partial charge in [0.2, 0.25) is 5.28 Å². The first-order chi connectivity index (χ1) is 10.5. The van der Waals surface area contributed by atoms with E-state index >= 15 is 0 Å². The van der Waals surface area contributed by atoms with Gasteiger partial charge in [0.15, 0.2) is 16.8 Å². The van der Waals surface area contributed by atoms with Gasteiger partial charge < -0.3 is 9.80 Å². The van der Waals surface area contributed by atoms with E-state index in [1.165, 1.54) is 0 Å². The summed E-state index contributed by atoms with van der Waals surface area (Å²) in [5.74, 6) is 0.786. The van der Waals surface area contributed by atoms with Gasteiger partial charge in [-0.05, 0) is 24.1 Å². The third-order valence-corrected chi connectivity index (χ3v) is 4.02. The first-order valence-corrected chi connectivity index (χ1v) is 7.50. The molecular weight excluding hydrogens is 323 g/mol. The van der Waals surface area contributed by atoms with Gasteiger partial charge in [-0.25, -0.2) is 4.98 Å². The van der Waals surface area contributed by atoms with Crippen LogP contribution in [0.4, 0.5) is 11.5 Å². The second-order valence-corrected chi connectivity index (χ2v) is 5.94. The van der Waals surface area contributed by atoms with E-state index in [-0.39, 0.29) is 11.1 Å². The molecule has 0 spiro atoms. The van der Waals surface area contributed by atoms with Crippen LogP contribution in [0.2, 0.25) is 10.4 Å². The molecule has 1 aromatic carbocycles. The molecule has 2 heterocycles. The zero-order chi connectivity index (χ0) is 15.9. The van der Waals surface area contributed by atoms with Crippen LogP contribution in [0.15, 0.2) is 24.3 Å². The molecule has 0 radical (unpaired) electrons. The maximum atomic E-state index is 11.3. The Balaban J connectivity index is 1.88. The van der Waals surface area contributed by atoms with E-state index in [9.17, 15) is 4.79 Å². The summed E-state index contributed by atoms with van der Waals surface area (Å²) < 4.78 is 0. The molecule has 0 unspecified atom stereocenters. The molecule has 1 aromatic heterocycles. The number of rotatable bonds is 3. The van der Waals surface area contributed by atoms with Gasteiger partial charge in [-0.15, -0.1) is 0 Å². The molecule has 1 aliphatic rings. The lowest BCUT2D eigenvalue weighted by atomic mass is 10.1. The number of hydrogen-bond acceptors (Lipinski definition) is 5. The van der Waals surface area contributed by atoms with Crippen LogP contribution in [0.1, 0.15) is 22.8 Å². The highest BCUT2D eigenvalue weighted by atomic mass is 35.5. The summed E-state index contributed by atoms with van der Waals surface area (Å²) in [6.45, 7) is 2.86. The standard InChI is InChI=1S/C15H14Cl2N4O/c1-9(22)11-5-3-10(4-6-11)7-21-8-20(2)14-12(21)13(16)18-15(17)19-14/h3-6H,7-8H2,1-2H3. The lowest BCUT2D eigenvalue weighted by Gasteiger charge is -2.19. The third-order valence-electron chi connectivity index (χ3n) is 3.59. The molecule has 0 saturated heterocycles. The van der Waals surface area contributed by atoms with Crippen LogP contribution in [-0.2, 0) is 6.54 Å². The number of halogens is 2. The summed E-state index contributed by atoms with van der Waals surface area (Å²) in [4.78, 5) is 23.6. The average molecular weight is 337 g/mol. The summed E-state index contributed by atoms with van der Waals surface area (Å²) in [5, 5.41) is 0.489. The zero-order valence-corrected chi connectivity index (χ0v) is 13.7. The molecular formula is C15H14Cl2N4O. The van der Waals surface area contributed by atoms with Crippen LogP contribution in [0, 0.1) is 0 Å². The summed E-state index contributed by atoms with van der Waals surface area (Å²) >= 11 is 12.1. The third kappa shape index (κ3) is 2.74. The minimum atomic E-state index is 0.0592. The molecule has 0 saturated carbocycles. The minimum Gasteiger partial charge on any atom is -0.344 e. The van der Waals surface area contributed by atoms with E-state index in [0.717, 1.165) is 17.1 Å². The quantitative estimate of drug-likeness (QED) is 0.488. The van der Waals surface area contributed by atoms with Gasteiger partial charge in [0, 0.05) is 19.2 Å². The number of nitrogens with zero attached hydrogens (tertiary/aromatic N) is 4. The maximum absolute atomic E-state index is 11.3. The highest BCUT2D eigenvalue weighted by Crippen LogP contribution is 2.39. The molecule has 1 aliphatic heterocycles. The van der Waals surface area contributed by atoms with Crippen molar-refractivity contribution in [3.63, 3.8) is 0 Å². The van der Waals surface area contributed by atoms with Crippen LogP contribution < -0.4 is 9.80 Å². The van der Waals surface area contributed by atoms with Gasteiger partial charge in [0.05, 0.1) is 6.67 Å². The first kappa shape index (κ1) is 15.1. The Morgan fingerprint density at radius 3 is 2.55 bits per heavy atom. The average Bonchev–Trinajstić information content (AvgIpc) is 2.76. The summed E-state index contributed by atoms with van der Waals surface area (Å²) in [6, 6.07) is 7.55. The predicted octanol–water partition coefficient (Wildman–Crippen LogP) is 3.40. The lowest BCUT2D eigenvalue weighted by molar-refractivity contribution is 0.101. The number of hydrogen-bond donors (Lipinski definition) is 0. The van der Waals surface area contributed by atoms with Crippen LogP contribution in [0.5, 0.6) is 0 Å². The summed E-state index contributed by atoms with van der Waals surface area (Å²) in [5.41, 5.74) is 2.57. The summed E-state index contributed by atoms with van der Waals surface area (Å²) in [7, 11) is 1.93. The molecule has 0 fully saturated rings. The number of ketones is 1. The number of fused-ring (bicyclic) bond motifs is 1. The van der Waals surface area contributed by atoms with E-state index in [1.54, 1.807) is 6.92 Å². The largest absolute Gasteiger partial charge is 0.344 e. The van der Waals surface area contributed by atoms with Crippen molar-refractivity contribution in [3.8, 4) is 0 Å². The Hall–Kier alpha value is -1.85. The van der Waals surface area contributed by atoms with Crippen molar-refractivity contribution in [2.75, 3.05) is 23.5 Å². The van der Waals surface area contributed by atoms with Crippen LogP contribution in [0.3, 0.4) is 0 Å². The molecule has 2 aromatic rings. The molecule has 7 heteroatoms. The molecule has 22 heavy (non-hydrogen) atoms. The van der Waals surface area contributed by atoms with Crippen molar-refractivity contribution in [3.05, 3.63) is 45.8 Å². The van der Waals surface area contributed by atoms with Crippen molar-refractivity contribution in [2.45, 2.75) is 13.5 Å². The van der Waals surface area contributed by atoms with Crippen LogP contribution in [0.25, 0.3) is 0 Å². The second kappa shape index (κ2) is 5.74. The fourth-order valence-corrected chi connectivity index (χ4v) is 3.01. The van der Waals surface area contributed by atoms with E-state index in [4.69, 9.17) is 23.2 Å². The van der Waals surface area contributed by atoms with E-state index < -0.39 is 0 Å². The Morgan fingerprint density at radius 2 is 1.91 bits per heavy atom. The summed E-state index contributed by atoms with van der Waals surface area (Å²) in [6.07, 6.45) is 0. The number of anilines is 2. The van der Waals surface area contributed by atoms with Gasteiger partial charge in [0.25, 0.3) is 0 Å². The molecule has 5 nitrogen and oxygen atoms in total. The number of benzene rings is 1. The van der Waals surface area contributed by atoms with Crippen molar-refractivity contribution in [1.82, 2.24) is 9.97 Å². The van der Waals surface area contributed by atoms with Gasteiger partial charge in [-0.3, -0.25) is 4.79 Å². The zero-order valence-electron chi connectivity index (χ0n) is 12.2. The van der Waals surface area contributed by atoms with Gasteiger partial charge in [-0.1, -0.05) is 35.9 Å². The van der Waals surface area contributed by atoms with E-state index in [1.807, 2.05) is 36.2 Å². The molecule has 114 valence electrons. The Kier molecular flexibility index (Phi) is 3.93. The maximum Gasteiger partial charge on any atom is 0.225 e. The van der Waals surface area contributed by atoms with Crippen LogP contribution in [-0.4, -0.2) is 29.5 Å². The number of aromatic nitrogens is 2. The van der Waals surface area contributed by atoms with E-state index in [2.05, 4.69) is 14.9 Å². The fraction of sp³-hybridized carbons (Fsp3) is 0.267. The number of carbonyl (C=O) groups is 1. The predicted molar refractivity (Wildman–Crippen MR) is 88.0 cm³/mol. The number of carbonyl (C=O) groups excluding carboxylic acids is 1. The van der Waals surface area contributed by atoms with Crippen molar-refractivity contribution in [2.24, 2.45) is 0 Å². The van der Waals surface area contributed by atoms with Crippen LogP contribution >= 0.6 is 23.2 Å². The van der Waals surface area contributed by atoms with Crippen molar-refractivity contribution >= 4 is 40.5 Å². The molecule has 0 atom stereocenters. The monoisotopic (exact) mass is 336 g/mol. The fourth-order valence-electron chi connectivity index (χ4n) is 2.52. The highest BCUT2D eigenvalue weighted by molar-refractivity contribution is 6.34. The normalized spacial score (nSPS) is 13.5. The Labute approximate surface area is 138 Å². The minimum absolute atomic E-state index is 0.0592. The molecule has 0 N–H and O–H groups in total. The van der Waals surface area contributed by atoms with Gasteiger partial charge in [-0.2, -0.15) is 4.98 Å². The van der Waals surface area contributed by atoms with Crippen molar-refractivity contribution in [1.29, 1.82) is 0 Å². The highest BCUT2D eigenvalue weighted by Gasteiger charge is 2.29. The van der Waals surface area contributed by atoms with Crippen molar-refractivity contribution < 1.29 is 4.79 Å². The smallest absolute Gasteiger partial charge is 0.225 e. The Bertz CT molecular complexity index is 733. The molecule has 3 rings (SSSR count). The van der Waals surface area contributed by atoms with Gasteiger partial charge in [0.1, 0.15) is 5.69 Å². The Morgan fingerprint density at radius 1 is 1.23 bits per heavy atom.